The molecule has 0 bridgehead atoms. The number of hydrogen-bond acceptors (Lipinski definition) is 4. The standard InChI is InChI=1S/C29H43BO4/c1-19-13-23(20-15-21(26(2,3)4)17-22(16-20)27(5,6)7)25(32-18-31-12)24(14-19)30-33-28(8,9)29(10,11)34-30/h13-17H,18H2,1-12H3. The fourth-order valence-corrected chi connectivity index (χ4v) is 4.09. The third-order valence-corrected chi connectivity index (χ3v) is 7.07. The van der Waals surface area contributed by atoms with Crippen molar-refractivity contribution in [3.05, 3.63) is 47.0 Å². The first-order valence-electron chi connectivity index (χ1n) is 12.2. The Hall–Kier alpha value is -1.82. The van der Waals surface area contributed by atoms with Crippen molar-refractivity contribution in [2.45, 2.75) is 98.2 Å². The van der Waals surface area contributed by atoms with Gasteiger partial charge in [0.15, 0.2) is 6.79 Å². The second-order valence-corrected chi connectivity index (χ2v) is 12.7. The highest BCUT2D eigenvalue weighted by molar-refractivity contribution is 6.63. The summed E-state index contributed by atoms with van der Waals surface area (Å²) in [4.78, 5) is 0. The minimum absolute atomic E-state index is 0.0158. The van der Waals surface area contributed by atoms with E-state index >= 15 is 0 Å². The number of methoxy groups -OCH3 is 1. The molecule has 4 nitrogen and oxygen atoms in total. The molecule has 5 heteroatoms. The van der Waals surface area contributed by atoms with Crippen molar-refractivity contribution in [3.63, 3.8) is 0 Å². The SMILES string of the molecule is COCOc1c(B2OC(C)(C)C(C)(C)O2)cc(C)cc1-c1cc(C(C)(C)C)cc(C(C)(C)C)c1. The van der Waals surface area contributed by atoms with Crippen LogP contribution in [0.1, 0.15) is 85.9 Å². The molecule has 1 saturated heterocycles. The molecule has 1 heterocycles. The van der Waals surface area contributed by atoms with Crippen LogP contribution >= 0.6 is 0 Å². The van der Waals surface area contributed by atoms with Gasteiger partial charge in [-0.05, 0) is 68.2 Å². The molecule has 0 aliphatic carbocycles. The third-order valence-electron chi connectivity index (χ3n) is 7.07. The summed E-state index contributed by atoms with van der Waals surface area (Å²) >= 11 is 0. The maximum absolute atomic E-state index is 6.43. The van der Waals surface area contributed by atoms with Crippen LogP contribution in [0.15, 0.2) is 30.3 Å². The van der Waals surface area contributed by atoms with E-state index in [1.807, 2.05) is 0 Å². The van der Waals surface area contributed by atoms with Crippen molar-refractivity contribution >= 4 is 12.6 Å². The molecule has 0 amide bonds. The van der Waals surface area contributed by atoms with Gasteiger partial charge < -0.3 is 18.8 Å². The Labute approximate surface area is 207 Å². The lowest BCUT2D eigenvalue weighted by Gasteiger charge is -2.32. The summed E-state index contributed by atoms with van der Waals surface area (Å²) in [6.07, 6.45) is 0. The van der Waals surface area contributed by atoms with Crippen LogP contribution in [-0.4, -0.2) is 32.2 Å². The zero-order valence-electron chi connectivity index (χ0n) is 23.3. The Kier molecular flexibility index (Phi) is 7.09. The molecule has 0 atom stereocenters. The normalized spacial score (nSPS) is 17.8. The lowest BCUT2D eigenvalue weighted by molar-refractivity contribution is 0.00578. The average molecular weight is 466 g/mol. The molecular weight excluding hydrogens is 423 g/mol. The quantitative estimate of drug-likeness (QED) is 0.370. The van der Waals surface area contributed by atoms with Crippen LogP contribution in [0.5, 0.6) is 5.75 Å². The summed E-state index contributed by atoms with van der Waals surface area (Å²) in [5.74, 6) is 0.747. The zero-order valence-corrected chi connectivity index (χ0v) is 23.3. The van der Waals surface area contributed by atoms with Gasteiger partial charge in [-0.3, -0.25) is 0 Å². The van der Waals surface area contributed by atoms with E-state index in [4.69, 9.17) is 18.8 Å². The third kappa shape index (κ3) is 5.37. The lowest BCUT2D eigenvalue weighted by Crippen LogP contribution is -2.41. The molecule has 0 aromatic heterocycles. The van der Waals surface area contributed by atoms with Crippen molar-refractivity contribution in [1.29, 1.82) is 0 Å². The van der Waals surface area contributed by atoms with Crippen LogP contribution in [0.4, 0.5) is 0 Å². The maximum atomic E-state index is 6.43. The minimum atomic E-state index is -0.525. The first-order valence-corrected chi connectivity index (χ1v) is 12.2. The zero-order chi connectivity index (χ0) is 25.7. The number of aryl methyl sites for hydroxylation is 1. The van der Waals surface area contributed by atoms with Gasteiger partial charge in [-0.2, -0.15) is 0 Å². The van der Waals surface area contributed by atoms with Crippen molar-refractivity contribution in [2.24, 2.45) is 0 Å². The summed E-state index contributed by atoms with van der Waals surface area (Å²) in [6, 6.07) is 11.2. The fraction of sp³-hybridized carbons (Fsp3) is 0.586. The fourth-order valence-electron chi connectivity index (χ4n) is 4.09. The first-order chi connectivity index (χ1) is 15.5. The molecule has 3 rings (SSSR count). The van der Waals surface area contributed by atoms with Crippen molar-refractivity contribution in [1.82, 2.24) is 0 Å². The molecule has 2 aromatic rings. The van der Waals surface area contributed by atoms with Crippen LogP contribution in [0.2, 0.25) is 0 Å². The van der Waals surface area contributed by atoms with Crippen molar-refractivity contribution < 1.29 is 18.8 Å². The predicted molar refractivity (Wildman–Crippen MR) is 142 cm³/mol. The summed E-state index contributed by atoms with van der Waals surface area (Å²) in [6.45, 7) is 24.1. The monoisotopic (exact) mass is 466 g/mol. The van der Waals surface area contributed by atoms with Gasteiger partial charge in [0.25, 0.3) is 0 Å². The van der Waals surface area contributed by atoms with Crippen molar-refractivity contribution in [3.8, 4) is 16.9 Å². The second kappa shape index (κ2) is 9.00. The molecule has 1 aliphatic rings. The molecule has 0 N–H and O–H groups in total. The van der Waals surface area contributed by atoms with E-state index in [2.05, 4.69) is 106 Å². The van der Waals surface area contributed by atoms with E-state index in [1.54, 1.807) is 7.11 Å². The molecule has 186 valence electrons. The summed E-state index contributed by atoms with van der Waals surface area (Å²) in [5, 5.41) is 0. The van der Waals surface area contributed by atoms with E-state index in [0.717, 1.165) is 27.9 Å². The summed E-state index contributed by atoms with van der Waals surface area (Å²) < 4.78 is 24.4. The van der Waals surface area contributed by atoms with Crippen molar-refractivity contribution in [2.75, 3.05) is 13.9 Å². The van der Waals surface area contributed by atoms with Gasteiger partial charge in [-0.1, -0.05) is 71.4 Å². The van der Waals surface area contributed by atoms with Gasteiger partial charge in [-0.25, -0.2) is 0 Å². The van der Waals surface area contributed by atoms with Gasteiger partial charge in [0.05, 0.1) is 11.2 Å². The average Bonchev–Trinajstić information content (AvgIpc) is 2.91. The van der Waals surface area contributed by atoms with Crippen LogP contribution in [0, 0.1) is 6.92 Å². The van der Waals surface area contributed by atoms with E-state index in [1.165, 1.54) is 11.1 Å². The predicted octanol–water partition coefficient (Wildman–Crippen LogP) is 6.54. The molecule has 0 spiro atoms. The lowest BCUT2D eigenvalue weighted by atomic mass is 9.74. The van der Waals surface area contributed by atoms with Crippen LogP contribution in [-0.2, 0) is 24.9 Å². The molecule has 0 saturated carbocycles. The van der Waals surface area contributed by atoms with E-state index in [9.17, 15) is 0 Å². The second-order valence-electron chi connectivity index (χ2n) is 12.7. The Morgan fingerprint density at radius 2 is 1.29 bits per heavy atom. The molecule has 0 unspecified atom stereocenters. The number of rotatable bonds is 5. The summed E-state index contributed by atoms with van der Waals surface area (Å²) in [7, 11) is 1.11. The largest absolute Gasteiger partial charge is 0.498 e. The number of ether oxygens (including phenoxy) is 2. The van der Waals surface area contributed by atoms with Gasteiger partial charge in [0, 0.05) is 18.1 Å². The van der Waals surface area contributed by atoms with Gasteiger partial charge in [0.2, 0.25) is 0 Å². The highest BCUT2D eigenvalue weighted by Gasteiger charge is 2.52. The molecule has 0 radical (unpaired) electrons. The summed E-state index contributed by atoms with van der Waals surface area (Å²) in [5.41, 5.74) is 5.93. The molecule has 34 heavy (non-hydrogen) atoms. The van der Waals surface area contributed by atoms with Crippen LogP contribution in [0.3, 0.4) is 0 Å². The number of benzene rings is 2. The molecule has 1 fully saturated rings. The van der Waals surface area contributed by atoms with Crippen LogP contribution < -0.4 is 10.2 Å². The molecule has 1 aliphatic heterocycles. The topological polar surface area (TPSA) is 36.9 Å². The minimum Gasteiger partial charge on any atom is -0.467 e. The Bertz CT molecular complexity index is 993. The highest BCUT2D eigenvalue weighted by Crippen LogP contribution is 2.40. The molecule has 2 aromatic carbocycles. The highest BCUT2D eigenvalue weighted by atomic mass is 16.7. The maximum Gasteiger partial charge on any atom is 0.498 e. The first kappa shape index (κ1) is 26.8. The Morgan fingerprint density at radius 1 is 0.794 bits per heavy atom. The number of hydrogen-bond donors (Lipinski definition) is 0. The van der Waals surface area contributed by atoms with E-state index in [0.29, 0.717) is 0 Å². The van der Waals surface area contributed by atoms with E-state index in [-0.39, 0.29) is 17.6 Å². The van der Waals surface area contributed by atoms with E-state index < -0.39 is 18.3 Å². The van der Waals surface area contributed by atoms with Gasteiger partial charge in [-0.15, -0.1) is 0 Å². The van der Waals surface area contributed by atoms with Gasteiger partial charge >= 0.3 is 7.12 Å². The Balaban J connectivity index is 2.27. The Morgan fingerprint density at radius 3 is 1.74 bits per heavy atom. The van der Waals surface area contributed by atoms with Gasteiger partial charge in [0.1, 0.15) is 5.75 Å². The van der Waals surface area contributed by atoms with Crippen LogP contribution in [0.25, 0.3) is 11.1 Å². The molecular formula is C29H43BO4. The smallest absolute Gasteiger partial charge is 0.467 e.